The molecule has 1 fully saturated rings. The molecular formula is C22H23FN5OS+. The zero-order valence-electron chi connectivity index (χ0n) is 16.6. The lowest BCUT2D eigenvalue weighted by Gasteiger charge is -2.37. The van der Waals surface area contributed by atoms with Gasteiger partial charge >= 0.3 is 0 Å². The van der Waals surface area contributed by atoms with E-state index in [4.69, 9.17) is 0 Å². The van der Waals surface area contributed by atoms with E-state index < -0.39 is 0 Å². The van der Waals surface area contributed by atoms with E-state index >= 15 is 0 Å². The summed E-state index contributed by atoms with van der Waals surface area (Å²) in [6.07, 6.45) is 1.46. The Bertz CT molecular complexity index is 1150. The first-order valence-electron chi connectivity index (χ1n) is 10.0. The van der Waals surface area contributed by atoms with E-state index in [2.05, 4.69) is 46.2 Å². The van der Waals surface area contributed by atoms with Gasteiger partial charge in [-0.1, -0.05) is 41.2 Å². The third-order valence-corrected chi connectivity index (χ3v) is 6.92. The number of hydrogen-bond acceptors (Lipinski definition) is 5. The molecule has 8 heteroatoms. The van der Waals surface area contributed by atoms with Crippen molar-refractivity contribution >= 4 is 22.0 Å². The zero-order valence-corrected chi connectivity index (χ0v) is 17.4. The van der Waals surface area contributed by atoms with Crippen molar-refractivity contribution < 1.29 is 14.4 Å². The third-order valence-electron chi connectivity index (χ3n) is 5.82. The average Bonchev–Trinajstić information content (AvgIpc) is 3.34. The van der Waals surface area contributed by atoms with Gasteiger partial charge < -0.3 is 14.9 Å². The largest absolute Gasteiger partial charge is 0.492 e. The van der Waals surface area contributed by atoms with Crippen molar-refractivity contribution in [2.75, 3.05) is 31.1 Å². The Labute approximate surface area is 177 Å². The van der Waals surface area contributed by atoms with Gasteiger partial charge in [-0.05, 0) is 31.2 Å². The molecule has 0 radical (unpaired) electrons. The quantitative estimate of drug-likeness (QED) is 0.528. The number of fused-ring (bicyclic) bond motifs is 1. The number of halogens is 1. The van der Waals surface area contributed by atoms with Crippen molar-refractivity contribution in [3.63, 3.8) is 0 Å². The first-order valence-corrected chi connectivity index (χ1v) is 10.8. The molecule has 2 aromatic heterocycles. The second kappa shape index (κ2) is 7.70. The maximum Gasteiger partial charge on any atom is 0.235 e. The first-order chi connectivity index (χ1) is 14.6. The van der Waals surface area contributed by atoms with Gasteiger partial charge in [0.2, 0.25) is 10.8 Å². The fourth-order valence-corrected chi connectivity index (χ4v) is 5.32. The molecule has 6 nitrogen and oxygen atoms in total. The molecule has 0 aliphatic carbocycles. The second-order valence-electron chi connectivity index (χ2n) is 7.71. The van der Waals surface area contributed by atoms with Crippen molar-refractivity contribution in [3.8, 4) is 5.88 Å². The number of nitrogens with one attached hydrogen (secondary N) is 1. The molecular weight excluding hydrogens is 401 g/mol. The highest BCUT2D eigenvalue weighted by Gasteiger charge is 2.34. The molecule has 0 amide bonds. The number of benzene rings is 2. The van der Waals surface area contributed by atoms with Crippen LogP contribution in [0.25, 0.3) is 4.96 Å². The predicted molar refractivity (Wildman–Crippen MR) is 115 cm³/mol. The Balaban J connectivity index is 1.45. The highest BCUT2D eigenvalue weighted by Crippen LogP contribution is 2.34. The number of hydrogen-bond donors (Lipinski definition) is 2. The summed E-state index contributed by atoms with van der Waals surface area (Å²) in [5, 5.41) is 15.0. The Morgan fingerprint density at radius 2 is 1.77 bits per heavy atom. The summed E-state index contributed by atoms with van der Waals surface area (Å²) < 4.78 is 14.8. The van der Waals surface area contributed by atoms with Crippen molar-refractivity contribution in [1.29, 1.82) is 0 Å². The summed E-state index contributed by atoms with van der Waals surface area (Å²) >= 11 is 1.49. The van der Waals surface area contributed by atoms with Gasteiger partial charge in [0.15, 0.2) is 6.04 Å². The summed E-state index contributed by atoms with van der Waals surface area (Å²) in [4.78, 5) is 9.52. The number of aromatic nitrogens is 3. The molecule has 4 aromatic rings. The smallest absolute Gasteiger partial charge is 0.235 e. The van der Waals surface area contributed by atoms with Crippen LogP contribution in [0.2, 0.25) is 0 Å². The predicted octanol–water partition coefficient (Wildman–Crippen LogP) is 2.44. The fourth-order valence-electron chi connectivity index (χ4n) is 4.21. The number of aryl methyl sites for hydroxylation is 1. The number of nitrogens with zero attached hydrogens (tertiary/aromatic N) is 4. The molecule has 1 aliphatic heterocycles. The summed E-state index contributed by atoms with van der Waals surface area (Å²) in [5.41, 5.74) is 3.43. The minimum Gasteiger partial charge on any atom is -0.492 e. The summed E-state index contributed by atoms with van der Waals surface area (Å²) in [5.74, 6) is -0.0409. The Hall–Kier alpha value is -2.97. The molecule has 0 bridgehead atoms. The monoisotopic (exact) mass is 424 g/mol. The molecule has 0 saturated carbocycles. The van der Waals surface area contributed by atoms with Gasteiger partial charge in [-0.3, -0.25) is 0 Å². The lowest BCUT2D eigenvalue weighted by molar-refractivity contribution is -0.925. The lowest BCUT2D eigenvalue weighted by atomic mass is 10.0. The molecule has 3 heterocycles. The Morgan fingerprint density at radius 1 is 1.07 bits per heavy atom. The van der Waals surface area contributed by atoms with Gasteiger partial charge in [0.05, 0.1) is 26.2 Å². The third kappa shape index (κ3) is 3.42. The summed E-state index contributed by atoms with van der Waals surface area (Å²) in [6, 6.07) is 15.2. The number of anilines is 1. The molecule has 2 aromatic carbocycles. The van der Waals surface area contributed by atoms with Crippen LogP contribution >= 0.6 is 11.3 Å². The van der Waals surface area contributed by atoms with Crippen molar-refractivity contribution in [1.82, 2.24) is 14.6 Å². The van der Waals surface area contributed by atoms with Crippen LogP contribution in [0.1, 0.15) is 22.0 Å². The second-order valence-corrected chi connectivity index (χ2v) is 8.72. The van der Waals surface area contributed by atoms with Gasteiger partial charge in [-0.25, -0.2) is 9.37 Å². The van der Waals surface area contributed by atoms with Gasteiger partial charge in [-0.15, -0.1) is 0 Å². The normalized spacial score (nSPS) is 16.3. The first kappa shape index (κ1) is 19.0. The zero-order chi connectivity index (χ0) is 20.7. The van der Waals surface area contributed by atoms with E-state index in [9.17, 15) is 9.50 Å². The lowest BCUT2D eigenvalue weighted by Crippen LogP contribution is -3.15. The Kier molecular flexibility index (Phi) is 4.88. The molecule has 0 spiro atoms. The minimum atomic E-state index is -0.214. The highest BCUT2D eigenvalue weighted by molar-refractivity contribution is 7.17. The molecule has 1 saturated heterocycles. The van der Waals surface area contributed by atoms with E-state index in [-0.39, 0.29) is 17.7 Å². The van der Waals surface area contributed by atoms with Gasteiger partial charge in [-0.2, -0.15) is 9.61 Å². The topological polar surface area (TPSA) is 58.1 Å². The van der Waals surface area contributed by atoms with Gasteiger partial charge in [0.25, 0.3) is 0 Å². The summed E-state index contributed by atoms with van der Waals surface area (Å²) in [6.45, 7) is 5.62. The van der Waals surface area contributed by atoms with Gasteiger partial charge in [0, 0.05) is 11.3 Å². The van der Waals surface area contributed by atoms with Crippen LogP contribution in [0, 0.1) is 12.7 Å². The number of rotatable bonds is 4. The maximum atomic E-state index is 13.3. The van der Waals surface area contributed by atoms with E-state index in [1.54, 1.807) is 0 Å². The van der Waals surface area contributed by atoms with Crippen LogP contribution in [-0.4, -0.2) is 45.9 Å². The molecule has 2 N–H and O–H groups in total. The summed E-state index contributed by atoms with van der Waals surface area (Å²) in [7, 11) is 0. The molecule has 0 unspecified atom stereocenters. The van der Waals surface area contributed by atoms with E-state index in [1.165, 1.54) is 50.3 Å². The van der Waals surface area contributed by atoms with Crippen LogP contribution in [-0.2, 0) is 0 Å². The van der Waals surface area contributed by atoms with E-state index in [0.29, 0.717) is 4.96 Å². The number of piperazine rings is 1. The van der Waals surface area contributed by atoms with Crippen LogP contribution in [0.4, 0.5) is 10.1 Å². The maximum absolute atomic E-state index is 13.3. The van der Waals surface area contributed by atoms with Crippen molar-refractivity contribution in [2.45, 2.75) is 13.0 Å². The van der Waals surface area contributed by atoms with Crippen LogP contribution in [0.3, 0.4) is 0 Å². The molecule has 1 atom stereocenters. The fraction of sp³-hybridized carbons (Fsp3) is 0.273. The minimum absolute atomic E-state index is 0.00877. The number of thiazole rings is 1. The average molecular weight is 425 g/mol. The highest BCUT2D eigenvalue weighted by atomic mass is 32.1. The Morgan fingerprint density at radius 3 is 2.43 bits per heavy atom. The van der Waals surface area contributed by atoms with E-state index in [1.807, 2.05) is 12.1 Å². The standard InChI is InChI=1S/C22H22FN5OS/c1-15-2-4-16(5-3-15)19(20-21(29)28-22(30-20)24-14-25-28)27-12-10-26(11-13-27)18-8-6-17(23)7-9-18/h2-9,14,19,29H,10-13H2,1H3/p+1/t19-/m1/s1. The molecule has 5 rings (SSSR count). The van der Waals surface area contributed by atoms with E-state index in [0.717, 1.165) is 36.7 Å². The van der Waals surface area contributed by atoms with Crippen LogP contribution in [0.5, 0.6) is 5.88 Å². The molecule has 1 aliphatic rings. The number of aromatic hydroxyl groups is 1. The molecule has 154 valence electrons. The molecule has 30 heavy (non-hydrogen) atoms. The SMILES string of the molecule is Cc1ccc([C@H](c2sc3ncnn3c2O)[NH+]2CCN(c3ccc(F)cc3)CC2)cc1. The van der Waals surface area contributed by atoms with Crippen molar-refractivity contribution in [3.05, 3.63) is 76.7 Å². The van der Waals surface area contributed by atoms with Gasteiger partial charge in [0.1, 0.15) is 17.0 Å². The van der Waals surface area contributed by atoms with Crippen LogP contribution in [0.15, 0.2) is 54.9 Å². The van der Waals surface area contributed by atoms with Crippen molar-refractivity contribution in [2.24, 2.45) is 0 Å². The van der Waals surface area contributed by atoms with Crippen LogP contribution < -0.4 is 9.80 Å². The number of quaternary nitrogens is 1.